The van der Waals surface area contributed by atoms with Crippen LogP contribution < -0.4 is 11.5 Å². The highest BCUT2D eigenvalue weighted by molar-refractivity contribution is 7.90. The molecule has 8 heteroatoms. The van der Waals surface area contributed by atoms with Gasteiger partial charge in [0, 0.05) is 18.5 Å². The molecule has 0 aromatic carbocycles. The van der Waals surface area contributed by atoms with Crippen LogP contribution in [0.15, 0.2) is 29.3 Å². The smallest absolute Gasteiger partial charge is 0.183 e. The van der Waals surface area contributed by atoms with Gasteiger partial charge in [0.05, 0.1) is 4.90 Å². The molecule has 0 amide bonds. The summed E-state index contributed by atoms with van der Waals surface area (Å²) in [4.78, 5) is 11.9. The number of nitrogens with two attached hydrogens (primary N) is 2. The van der Waals surface area contributed by atoms with Crippen molar-refractivity contribution in [2.75, 3.05) is 17.7 Å². The molecule has 0 saturated heterocycles. The summed E-state index contributed by atoms with van der Waals surface area (Å²) in [6.07, 6.45) is 2.54. The summed E-state index contributed by atoms with van der Waals surface area (Å²) in [7, 11) is -3.43. The van der Waals surface area contributed by atoms with Gasteiger partial charge in [-0.1, -0.05) is 0 Å². The number of hydrogen-bond donors (Lipinski definition) is 2. The molecule has 0 aliphatic heterocycles. The van der Waals surface area contributed by atoms with E-state index in [1.165, 1.54) is 24.4 Å². The van der Waals surface area contributed by atoms with Crippen LogP contribution in [0.25, 0.3) is 11.5 Å². The summed E-state index contributed by atoms with van der Waals surface area (Å²) < 4.78 is 23.3. The molecule has 0 fully saturated rings. The first-order valence-corrected chi connectivity index (χ1v) is 6.82. The number of nitrogens with zero attached hydrogens (tertiary/aromatic N) is 3. The Kier molecular flexibility index (Phi) is 2.87. The molecule has 2 aromatic rings. The van der Waals surface area contributed by atoms with Gasteiger partial charge in [-0.25, -0.2) is 18.4 Å². The molecule has 2 aromatic heterocycles. The van der Waals surface area contributed by atoms with Gasteiger partial charge in [-0.2, -0.15) is 0 Å². The molecule has 4 N–H and O–H groups in total. The molecule has 2 heterocycles. The number of pyridine rings is 1. The van der Waals surface area contributed by atoms with Crippen LogP contribution in [0, 0.1) is 0 Å². The lowest BCUT2D eigenvalue weighted by molar-refractivity contribution is 0.601. The number of hydrogen-bond acceptors (Lipinski definition) is 7. The normalized spacial score (nSPS) is 11.4. The summed E-state index contributed by atoms with van der Waals surface area (Å²) in [6, 6.07) is 4.34. The van der Waals surface area contributed by atoms with Gasteiger partial charge in [-0.15, -0.1) is 0 Å². The maximum Gasteiger partial charge on any atom is 0.183 e. The SMILES string of the molecule is CS(=O)(=O)c1cccnc1-c1nc(N)cc(N)n1. The minimum absolute atomic E-state index is 0.0370. The second kappa shape index (κ2) is 4.22. The Morgan fingerprint density at radius 3 is 2.33 bits per heavy atom. The minimum Gasteiger partial charge on any atom is -0.384 e. The van der Waals surface area contributed by atoms with E-state index in [1.807, 2.05) is 0 Å². The van der Waals surface area contributed by atoms with Gasteiger partial charge in [0.25, 0.3) is 0 Å². The van der Waals surface area contributed by atoms with E-state index in [9.17, 15) is 8.42 Å². The first-order valence-electron chi connectivity index (χ1n) is 4.93. The first kappa shape index (κ1) is 12.2. The second-order valence-electron chi connectivity index (χ2n) is 3.66. The third-order valence-electron chi connectivity index (χ3n) is 2.15. The Hall–Kier alpha value is -2.22. The second-order valence-corrected chi connectivity index (χ2v) is 5.65. The van der Waals surface area contributed by atoms with Crippen LogP contribution in [-0.2, 0) is 9.84 Å². The van der Waals surface area contributed by atoms with Crippen LogP contribution in [0.4, 0.5) is 11.6 Å². The standard InChI is InChI=1S/C10H11N5O2S/c1-18(16,17)6-3-2-4-13-9(6)10-14-7(11)5-8(12)15-10/h2-5H,1H3,(H4,11,12,14,15). The van der Waals surface area contributed by atoms with Crippen molar-refractivity contribution in [2.45, 2.75) is 4.90 Å². The zero-order valence-corrected chi connectivity index (χ0v) is 10.3. The van der Waals surface area contributed by atoms with Crippen molar-refractivity contribution in [3.05, 3.63) is 24.4 Å². The van der Waals surface area contributed by atoms with Crippen LogP contribution in [0.3, 0.4) is 0 Å². The van der Waals surface area contributed by atoms with Crippen molar-refractivity contribution in [2.24, 2.45) is 0 Å². The lowest BCUT2D eigenvalue weighted by Crippen LogP contribution is -2.06. The molecule has 0 unspecified atom stereocenters. The van der Waals surface area contributed by atoms with Crippen LogP contribution in [0.2, 0.25) is 0 Å². The Bertz CT molecular complexity index is 679. The number of sulfone groups is 1. The molecule has 0 bridgehead atoms. The van der Waals surface area contributed by atoms with E-state index in [1.54, 1.807) is 0 Å². The van der Waals surface area contributed by atoms with Gasteiger partial charge in [-0.05, 0) is 12.1 Å². The van der Waals surface area contributed by atoms with E-state index in [0.29, 0.717) is 0 Å². The van der Waals surface area contributed by atoms with Gasteiger partial charge in [-0.3, -0.25) is 4.98 Å². The molecular weight excluding hydrogens is 254 g/mol. The van der Waals surface area contributed by atoms with E-state index < -0.39 is 9.84 Å². The number of nitrogen functional groups attached to an aromatic ring is 2. The van der Waals surface area contributed by atoms with Gasteiger partial charge in [0.15, 0.2) is 15.7 Å². The summed E-state index contributed by atoms with van der Waals surface area (Å²) >= 11 is 0. The summed E-state index contributed by atoms with van der Waals surface area (Å²) in [5.41, 5.74) is 11.2. The Morgan fingerprint density at radius 1 is 1.17 bits per heavy atom. The zero-order valence-electron chi connectivity index (χ0n) is 9.53. The molecule has 0 spiro atoms. The molecule has 7 nitrogen and oxygen atoms in total. The summed E-state index contributed by atoms with van der Waals surface area (Å²) in [5, 5.41) is 0. The maximum atomic E-state index is 11.6. The largest absolute Gasteiger partial charge is 0.384 e. The number of aromatic nitrogens is 3. The molecular formula is C10H11N5O2S. The average Bonchev–Trinajstić information content (AvgIpc) is 2.26. The molecule has 94 valence electrons. The zero-order chi connectivity index (χ0) is 13.3. The highest BCUT2D eigenvalue weighted by Crippen LogP contribution is 2.23. The molecule has 0 aliphatic rings. The summed E-state index contributed by atoms with van der Waals surface area (Å²) in [6.45, 7) is 0. The van der Waals surface area contributed by atoms with Crippen molar-refractivity contribution in [1.29, 1.82) is 0 Å². The first-order chi connectivity index (χ1) is 8.38. The lowest BCUT2D eigenvalue weighted by atomic mass is 10.3. The highest BCUT2D eigenvalue weighted by Gasteiger charge is 2.17. The quantitative estimate of drug-likeness (QED) is 0.789. The molecule has 0 aliphatic carbocycles. The average molecular weight is 265 g/mol. The fraction of sp³-hybridized carbons (Fsp3) is 0.100. The highest BCUT2D eigenvalue weighted by atomic mass is 32.2. The van der Waals surface area contributed by atoms with Crippen molar-refractivity contribution >= 4 is 21.5 Å². The van der Waals surface area contributed by atoms with Crippen LogP contribution in [0.1, 0.15) is 0 Å². The third-order valence-corrected chi connectivity index (χ3v) is 3.28. The van der Waals surface area contributed by atoms with E-state index in [-0.39, 0.29) is 28.0 Å². The van der Waals surface area contributed by atoms with E-state index in [0.717, 1.165) is 6.26 Å². The monoisotopic (exact) mass is 265 g/mol. The van der Waals surface area contributed by atoms with E-state index in [4.69, 9.17) is 11.5 Å². The predicted octanol–water partition coefficient (Wildman–Crippen LogP) is 0.106. The topological polar surface area (TPSA) is 125 Å². The van der Waals surface area contributed by atoms with Crippen LogP contribution in [-0.4, -0.2) is 29.6 Å². The number of rotatable bonds is 2. The Balaban J connectivity index is 2.72. The predicted molar refractivity (Wildman–Crippen MR) is 67.2 cm³/mol. The molecule has 0 radical (unpaired) electrons. The van der Waals surface area contributed by atoms with Crippen molar-refractivity contribution in [1.82, 2.24) is 15.0 Å². The molecule has 18 heavy (non-hydrogen) atoms. The van der Waals surface area contributed by atoms with Gasteiger partial charge >= 0.3 is 0 Å². The number of anilines is 2. The Labute approximate surface area is 104 Å². The maximum absolute atomic E-state index is 11.6. The van der Waals surface area contributed by atoms with E-state index in [2.05, 4.69) is 15.0 Å². The third kappa shape index (κ3) is 2.38. The minimum atomic E-state index is -3.43. The summed E-state index contributed by atoms with van der Waals surface area (Å²) in [5.74, 6) is 0.402. The molecule has 0 saturated carbocycles. The lowest BCUT2D eigenvalue weighted by Gasteiger charge is -2.06. The van der Waals surface area contributed by atoms with Crippen molar-refractivity contribution in [3.8, 4) is 11.5 Å². The van der Waals surface area contributed by atoms with Gasteiger partial charge in [0.1, 0.15) is 17.3 Å². The molecule has 2 rings (SSSR count). The van der Waals surface area contributed by atoms with Gasteiger partial charge < -0.3 is 11.5 Å². The Morgan fingerprint density at radius 2 is 1.78 bits per heavy atom. The van der Waals surface area contributed by atoms with E-state index >= 15 is 0 Å². The van der Waals surface area contributed by atoms with Crippen molar-refractivity contribution < 1.29 is 8.42 Å². The van der Waals surface area contributed by atoms with Crippen molar-refractivity contribution in [3.63, 3.8) is 0 Å². The van der Waals surface area contributed by atoms with Crippen LogP contribution >= 0.6 is 0 Å². The fourth-order valence-electron chi connectivity index (χ4n) is 1.45. The fourth-order valence-corrected chi connectivity index (χ4v) is 2.27. The van der Waals surface area contributed by atoms with Crippen LogP contribution in [0.5, 0.6) is 0 Å². The molecule has 0 atom stereocenters. The van der Waals surface area contributed by atoms with Gasteiger partial charge in [0.2, 0.25) is 0 Å².